The lowest BCUT2D eigenvalue weighted by Gasteiger charge is -2.33. The molecule has 0 radical (unpaired) electrons. The molecule has 2 N–H and O–H groups in total. The van der Waals surface area contributed by atoms with E-state index in [0.717, 1.165) is 24.2 Å². The number of anilines is 1. The second-order valence-corrected chi connectivity index (χ2v) is 8.37. The fourth-order valence-electron chi connectivity index (χ4n) is 3.32. The summed E-state index contributed by atoms with van der Waals surface area (Å²) in [6, 6.07) is 15.3. The van der Waals surface area contributed by atoms with E-state index in [9.17, 15) is 4.79 Å². The topological polar surface area (TPSA) is 71.8 Å². The van der Waals surface area contributed by atoms with Gasteiger partial charge in [0.05, 0.1) is 6.04 Å². The molecule has 0 unspecified atom stereocenters. The van der Waals surface area contributed by atoms with Gasteiger partial charge in [-0.05, 0) is 35.7 Å². The first kappa shape index (κ1) is 19.8. The molecule has 6 nitrogen and oxygen atoms in total. The summed E-state index contributed by atoms with van der Waals surface area (Å²) in [5.74, 6) is 0.734. The van der Waals surface area contributed by atoms with Crippen LogP contribution in [-0.2, 0) is 17.6 Å². The number of aromatic nitrogens is 3. The number of fused-ring (bicyclic) bond motifs is 1. The number of carbonyl (C=O) groups is 1. The average Bonchev–Trinajstić information content (AvgIpc) is 3.15. The molecule has 2 atom stereocenters. The highest BCUT2D eigenvalue weighted by Crippen LogP contribution is 2.37. The van der Waals surface area contributed by atoms with Gasteiger partial charge in [0.2, 0.25) is 11.1 Å². The highest BCUT2D eigenvalue weighted by Gasteiger charge is 2.37. The van der Waals surface area contributed by atoms with Crippen LogP contribution in [0.2, 0.25) is 5.02 Å². The molecule has 1 amide bonds. The van der Waals surface area contributed by atoms with Crippen molar-refractivity contribution in [2.24, 2.45) is 0 Å². The molecule has 4 rings (SSSR count). The van der Waals surface area contributed by atoms with Crippen molar-refractivity contribution in [3.8, 4) is 0 Å². The number of carbonyl (C=O) groups excluding carboxylic acids is 1. The Labute approximate surface area is 179 Å². The Morgan fingerprint density at radius 1 is 1.17 bits per heavy atom. The number of nitrogens with zero attached hydrogens (tertiary/aromatic N) is 3. The maximum absolute atomic E-state index is 13.2. The Kier molecular flexibility index (Phi) is 5.78. The molecule has 150 valence electrons. The van der Waals surface area contributed by atoms with E-state index in [1.165, 1.54) is 17.3 Å². The van der Waals surface area contributed by atoms with Crippen molar-refractivity contribution in [1.29, 1.82) is 0 Å². The minimum atomic E-state index is -0.414. The van der Waals surface area contributed by atoms with Crippen LogP contribution in [0.15, 0.2) is 53.7 Å². The van der Waals surface area contributed by atoms with Gasteiger partial charge in [0.1, 0.15) is 5.25 Å². The van der Waals surface area contributed by atoms with Gasteiger partial charge < -0.3 is 10.7 Å². The molecular weight excluding hydrogens is 406 g/mol. The van der Waals surface area contributed by atoms with Crippen molar-refractivity contribution in [2.75, 3.05) is 10.7 Å². The number of halogens is 1. The minimum Gasteiger partial charge on any atom is -0.325 e. The number of rotatable bonds is 5. The molecule has 29 heavy (non-hydrogen) atoms. The SMILES string of the molecule is CCc1ccc([C@@H]2Nn3c(CC)nnc3S[C@@H]2C(=O)Nc2cccc(Cl)c2)cc1. The van der Waals surface area contributed by atoms with E-state index in [1.54, 1.807) is 12.1 Å². The van der Waals surface area contributed by atoms with Crippen LogP contribution < -0.4 is 10.7 Å². The Balaban J connectivity index is 1.66. The second kappa shape index (κ2) is 8.47. The lowest BCUT2D eigenvalue weighted by Crippen LogP contribution is -2.41. The fourth-order valence-corrected chi connectivity index (χ4v) is 4.61. The van der Waals surface area contributed by atoms with Crippen LogP contribution in [0.25, 0.3) is 0 Å². The summed E-state index contributed by atoms with van der Waals surface area (Å²) in [4.78, 5) is 13.2. The lowest BCUT2D eigenvalue weighted by molar-refractivity contribution is -0.116. The van der Waals surface area contributed by atoms with Crippen molar-refractivity contribution in [3.63, 3.8) is 0 Å². The molecule has 0 aliphatic carbocycles. The van der Waals surface area contributed by atoms with E-state index in [1.807, 2.05) is 23.7 Å². The van der Waals surface area contributed by atoms with Gasteiger partial charge >= 0.3 is 0 Å². The summed E-state index contributed by atoms with van der Waals surface area (Å²) in [7, 11) is 0. The van der Waals surface area contributed by atoms with E-state index >= 15 is 0 Å². The maximum atomic E-state index is 13.2. The molecule has 8 heteroatoms. The quantitative estimate of drug-likeness (QED) is 0.629. The normalized spacial score (nSPS) is 18.0. The number of thioether (sulfide) groups is 1. The molecule has 0 saturated carbocycles. The van der Waals surface area contributed by atoms with Crippen LogP contribution in [0, 0.1) is 0 Å². The highest BCUT2D eigenvalue weighted by molar-refractivity contribution is 8.00. The van der Waals surface area contributed by atoms with E-state index in [0.29, 0.717) is 15.9 Å². The molecule has 2 heterocycles. The number of hydrogen-bond acceptors (Lipinski definition) is 5. The van der Waals surface area contributed by atoms with Gasteiger partial charge in [0.25, 0.3) is 0 Å². The van der Waals surface area contributed by atoms with Crippen molar-refractivity contribution in [3.05, 3.63) is 70.5 Å². The number of hydrogen-bond donors (Lipinski definition) is 2. The summed E-state index contributed by atoms with van der Waals surface area (Å²) in [5, 5.41) is 12.3. The lowest BCUT2D eigenvalue weighted by atomic mass is 10.0. The molecule has 2 aromatic carbocycles. The second-order valence-electron chi connectivity index (χ2n) is 6.83. The molecule has 0 spiro atoms. The molecular formula is C21H22ClN5OS. The van der Waals surface area contributed by atoms with Crippen molar-refractivity contribution >= 4 is 35.0 Å². The molecule has 1 aromatic heterocycles. The highest BCUT2D eigenvalue weighted by atomic mass is 35.5. The number of aryl methyl sites for hydroxylation is 2. The smallest absolute Gasteiger partial charge is 0.240 e. The van der Waals surface area contributed by atoms with Crippen LogP contribution in [-0.4, -0.2) is 26.0 Å². The first-order valence-electron chi connectivity index (χ1n) is 9.61. The van der Waals surface area contributed by atoms with Crippen molar-refractivity contribution in [1.82, 2.24) is 14.9 Å². The molecule has 3 aromatic rings. The number of nitrogens with one attached hydrogen (secondary N) is 2. The van der Waals surface area contributed by atoms with Gasteiger partial charge in [-0.1, -0.05) is 67.5 Å². The van der Waals surface area contributed by atoms with Gasteiger partial charge in [-0.2, -0.15) is 0 Å². The largest absolute Gasteiger partial charge is 0.325 e. The summed E-state index contributed by atoms with van der Waals surface area (Å²) in [6.07, 6.45) is 1.73. The van der Waals surface area contributed by atoms with Gasteiger partial charge in [-0.25, -0.2) is 4.68 Å². The van der Waals surface area contributed by atoms with Gasteiger partial charge in [-0.15, -0.1) is 10.2 Å². The fraction of sp³-hybridized carbons (Fsp3) is 0.286. The molecule has 0 bridgehead atoms. The number of amides is 1. The molecule has 0 fully saturated rings. The predicted molar refractivity (Wildman–Crippen MR) is 117 cm³/mol. The van der Waals surface area contributed by atoms with Crippen molar-refractivity contribution < 1.29 is 4.79 Å². The zero-order chi connectivity index (χ0) is 20.4. The summed E-state index contributed by atoms with van der Waals surface area (Å²) >= 11 is 7.48. The Morgan fingerprint density at radius 3 is 2.66 bits per heavy atom. The number of benzene rings is 2. The van der Waals surface area contributed by atoms with E-state index in [4.69, 9.17) is 11.6 Å². The third kappa shape index (κ3) is 4.11. The van der Waals surface area contributed by atoms with Crippen molar-refractivity contribution in [2.45, 2.75) is 43.1 Å². The Hall–Kier alpha value is -2.51. The average molecular weight is 428 g/mol. The summed E-state index contributed by atoms with van der Waals surface area (Å²) in [6.45, 7) is 4.16. The zero-order valence-electron chi connectivity index (χ0n) is 16.2. The molecule has 1 aliphatic heterocycles. The first-order chi connectivity index (χ1) is 14.1. The third-order valence-electron chi connectivity index (χ3n) is 4.92. The Bertz CT molecular complexity index is 1020. The standard InChI is InChI=1S/C21H22ClN5OS/c1-3-13-8-10-14(11-9-13)18-19(20(28)23-16-7-5-6-15(22)12-16)29-21-25-24-17(4-2)27(21)26-18/h5-12,18-19,26H,3-4H2,1-2H3,(H,23,28)/t18-,19-/m0/s1. The summed E-state index contributed by atoms with van der Waals surface area (Å²) in [5.41, 5.74) is 6.44. The van der Waals surface area contributed by atoms with Crippen LogP contribution in [0.4, 0.5) is 5.69 Å². The predicted octanol–water partition coefficient (Wildman–Crippen LogP) is 4.45. The van der Waals surface area contributed by atoms with Crippen LogP contribution in [0.5, 0.6) is 0 Å². The molecule has 1 aliphatic rings. The summed E-state index contributed by atoms with van der Waals surface area (Å²) < 4.78 is 1.90. The Morgan fingerprint density at radius 2 is 1.97 bits per heavy atom. The van der Waals surface area contributed by atoms with Crippen LogP contribution in [0.3, 0.4) is 0 Å². The van der Waals surface area contributed by atoms with Gasteiger partial charge in [0.15, 0.2) is 5.82 Å². The third-order valence-corrected chi connectivity index (χ3v) is 6.37. The first-order valence-corrected chi connectivity index (χ1v) is 10.9. The molecule has 0 saturated heterocycles. The van der Waals surface area contributed by atoms with Gasteiger partial charge in [0, 0.05) is 17.1 Å². The minimum absolute atomic E-state index is 0.110. The maximum Gasteiger partial charge on any atom is 0.240 e. The van der Waals surface area contributed by atoms with E-state index < -0.39 is 5.25 Å². The van der Waals surface area contributed by atoms with Crippen LogP contribution in [0.1, 0.15) is 36.8 Å². The van der Waals surface area contributed by atoms with Gasteiger partial charge in [-0.3, -0.25) is 4.79 Å². The monoisotopic (exact) mass is 427 g/mol. The van der Waals surface area contributed by atoms with Crippen LogP contribution >= 0.6 is 23.4 Å². The van der Waals surface area contributed by atoms with E-state index in [2.05, 4.69) is 52.1 Å². The zero-order valence-corrected chi connectivity index (χ0v) is 17.8. The van der Waals surface area contributed by atoms with E-state index in [-0.39, 0.29) is 11.9 Å².